The molecule has 0 aliphatic carbocycles. The zero-order valence-electron chi connectivity index (χ0n) is 14.9. The van der Waals surface area contributed by atoms with Crippen molar-refractivity contribution in [3.63, 3.8) is 0 Å². The van der Waals surface area contributed by atoms with Gasteiger partial charge in [-0.2, -0.15) is 0 Å². The predicted octanol–water partition coefficient (Wildman–Crippen LogP) is 3.45. The number of hydrogen-bond donors (Lipinski definition) is 0. The molecule has 3 heterocycles. The molecule has 1 aromatic carbocycles. The van der Waals surface area contributed by atoms with Gasteiger partial charge < -0.3 is 14.2 Å². The van der Waals surface area contributed by atoms with Crippen LogP contribution in [0.15, 0.2) is 40.9 Å². The number of rotatable bonds is 3. The van der Waals surface area contributed by atoms with Crippen LogP contribution in [0.5, 0.6) is 0 Å². The number of carbonyl (C=O) groups is 1. The molecular formula is C20H21N3O3. The van der Waals surface area contributed by atoms with Crippen LogP contribution in [0.3, 0.4) is 0 Å². The first-order valence-electron chi connectivity index (χ1n) is 8.82. The van der Waals surface area contributed by atoms with Crippen LogP contribution in [0.2, 0.25) is 0 Å². The molecule has 6 heteroatoms. The van der Waals surface area contributed by atoms with Gasteiger partial charge in [0.1, 0.15) is 0 Å². The highest BCUT2D eigenvalue weighted by Crippen LogP contribution is 2.28. The zero-order valence-corrected chi connectivity index (χ0v) is 14.9. The Hall–Kier alpha value is -2.73. The molecule has 0 radical (unpaired) electrons. The van der Waals surface area contributed by atoms with Crippen LogP contribution >= 0.6 is 0 Å². The summed E-state index contributed by atoms with van der Waals surface area (Å²) in [6.07, 6.45) is 1.93. The summed E-state index contributed by atoms with van der Waals surface area (Å²) in [6, 6.07) is 11.6. The molecule has 1 fully saturated rings. The van der Waals surface area contributed by atoms with E-state index < -0.39 is 0 Å². The third-order valence-corrected chi connectivity index (χ3v) is 4.98. The third kappa shape index (κ3) is 2.97. The second kappa shape index (κ2) is 6.88. The van der Waals surface area contributed by atoms with Crippen LogP contribution in [-0.2, 0) is 4.74 Å². The molecule has 0 atom stereocenters. The molecule has 26 heavy (non-hydrogen) atoms. The first-order valence-corrected chi connectivity index (χ1v) is 8.82. The van der Waals surface area contributed by atoms with Crippen molar-refractivity contribution >= 4 is 17.0 Å². The maximum atomic E-state index is 13.2. The van der Waals surface area contributed by atoms with E-state index in [4.69, 9.17) is 9.26 Å². The van der Waals surface area contributed by atoms with E-state index in [2.05, 4.69) is 10.1 Å². The van der Waals surface area contributed by atoms with Gasteiger partial charge in [-0.3, -0.25) is 4.79 Å². The van der Waals surface area contributed by atoms with Gasteiger partial charge in [0, 0.05) is 25.8 Å². The SMILES string of the molecule is COC1CCN(C(=O)c2cc(-c3ccccc3)nc3onc(C)c23)CC1. The minimum absolute atomic E-state index is 0.00423. The number of likely N-dealkylation sites (tertiary alicyclic amines) is 1. The Kier molecular flexibility index (Phi) is 4.42. The highest BCUT2D eigenvalue weighted by molar-refractivity contribution is 6.07. The molecule has 6 nitrogen and oxygen atoms in total. The number of carbonyl (C=O) groups excluding carboxylic acids is 1. The molecule has 0 N–H and O–H groups in total. The molecule has 2 aromatic heterocycles. The second-order valence-electron chi connectivity index (χ2n) is 6.60. The Bertz CT molecular complexity index is 928. The van der Waals surface area contributed by atoms with Gasteiger partial charge in [-0.25, -0.2) is 4.98 Å². The summed E-state index contributed by atoms with van der Waals surface area (Å²) in [4.78, 5) is 19.7. The number of methoxy groups -OCH3 is 1. The Morgan fingerprint density at radius 1 is 1.23 bits per heavy atom. The second-order valence-corrected chi connectivity index (χ2v) is 6.60. The molecule has 3 aromatic rings. The number of piperidine rings is 1. The van der Waals surface area contributed by atoms with E-state index in [-0.39, 0.29) is 12.0 Å². The van der Waals surface area contributed by atoms with Crippen LogP contribution in [-0.4, -0.2) is 47.3 Å². The molecule has 0 bridgehead atoms. The average Bonchev–Trinajstić information content (AvgIpc) is 3.08. The predicted molar refractivity (Wildman–Crippen MR) is 97.9 cm³/mol. The smallest absolute Gasteiger partial charge is 0.259 e. The van der Waals surface area contributed by atoms with Crippen molar-refractivity contribution in [2.24, 2.45) is 0 Å². The topological polar surface area (TPSA) is 68.5 Å². The fraction of sp³-hybridized carbons (Fsp3) is 0.350. The van der Waals surface area contributed by atoms with Gasteiger partial charge in [0.2, 0.25) is 0 Å². The largest absolute Gasteiger partial charge is 0.381 e. The average molecular weight is 351 g/mol. The molecule has 0 unspecified atom stereocenters. The first kappa shape index (κ1) is 16.7. The van der Waals surface area contributed by atoms with Crippen LogP contribution in [0, 0.1) is 6.92 Å². The number of amides is 1. The van der Waals surface area contributed by atoms with E-state index in [1.807, 2.05) is 48.2 Å². The minimum Gasteiger partial charge on any atom is -0.381 e. The van der Waals surface area contributed by atoms with Crippen molar-refractivity contribution in [3.8, 4) is 11.3 Å². The van der Waals surface area contributed by atoms with E-state index in [0.717, 1.165) is 18.4 Å². The van der Waals surface area contributed by atoms with Gasteiger partial charge in [0.05, 0.1) is 28.4 Å². The Labute approximate surface area is 151 Å². The number of fused-ring (bicyclic) bond motifs is 1. The fourth-order valence-corrected chi connectivity index (χ4v) is 3.49. The molecule has 1 aliphatic rings. The lowest BCUT2D eigenvalue weighted by atomic mass is 10.0. The van der Waals surface area contributed by atoms with E-state index in [1.165, 1.54) is 0 Å². The summed E-state index contributed by atoms with van der Waals surface area (Å²) in [5.41, 5.74) is 3.34. The van der Waals surface area contributed by atoms with Gasteiger partial charge in [-0.05, 0) is 25.8 Å². The lowest BCUT2D eigenvalue weighted by molar-refractivity contribution is 0.0352. The summed E-state index contributed by atoms with van der Waals surface area (Å²) in [5.74, 6) is -0.00423. The quantitative estimate of drug-likeness (QED) is 0.723. The van der Waals surface area contributed by atoms with Gasteiger partial charge in [-0.1, -0.05) is 35.5 Å². The summed E-state index contributed by atoms with van der Waals surface area (Å²) < 4.78 is 10.8. The molecule has 1 amide bonds. The van der Waals surface area contributed by atoms with Gasteiger partial charge in [0.25, 0.3) is 11.6 Å². The lowest BCUT2D eigenvalue weighted by Gasteiger charge is -2.31. The monoisotopic (exact) mass is 351 g/mol. The summed E-state index contributed by atoms with van der Waals surface area (Å²) in [7, 11) is 1.72. The van der Waals surface area contributed by atoms with Crippen molar-refractivity contribution < 1.29 is 14.1 Å². The number of aromatic nitrogens is 2. The standard InChI is InChI=1S/C20H21N3O3/c1-13-18-16(20(24)23-10-8-15(25-2)9-11-23)12-17(21-19(18)26-22-13)14-6-4-3-5-7-14/h3-7,12,15H,8-11H2,1-2H3. The number of nitrogens with zero attached hydrogens (tertiary/aromatic N) is 3. The lowest BCUT2D eigenvalue weighted by Crippen LogP contribution is -2.40. The van der Waals surface area contributed by atoms with E-state index in [1.54, 1.807) is 7.11 Å². The highest BCUT2D eigenvalue weighted by Gasteiger charge is 2.27. The number of ether oxygens (including phenoxy) is 1. The van der Waals surface area contributed by atoms with Crippen molar-refractivity contribution in [2.45, 2.75) is 25.9 Å². The zero-order chi connectivity index (χ0) is 18.1. The molecular weight excluding hydrogens is 330 g/mol. The van der Waals surface area contributed by atoms with Crippen molar-refractivity contribution in [1.82, 2.24) is 15.0 Å². The Balaban J connectivity index is 1.75. The van der Waals surface area contributed by atoms with Crippen molar-refractivity contribution in [2.75, 3.05) is 20.2 Å². The van der Waals surface area contributed by atoms with E-state index in [0.29, 0.717) is 41.1 Å². The number of benzene rings is 1. The van der Waals surface area contributed by atoms with Gasteiger partial charge >= 0.3 is 0 Å². The summed E-state index contributed by atoms with van der Waals surface area (Å²) >= 11 is 0. The summed E-state index contributed by atoms with van der Waals surface area (Å²) in [6.45, 7) is 3.21. The fourth-order valence-electron chi connectivity index (χ4n) is 3.49. The van der Waals surface area contributed by atoms with E-state index in [9.17, 15) is 4.79 Å². The third-order valence-electron chi connectivity index (χ3n) is 4.98. The van der Waals surface area contributed by atoms with Crippen molar-refractivity contribution in [3.05, 3.63) is 47.7 Å². The summed E-state index contributed by atoms with van der Waals surface area (Å²) in [5, 5.41) is 4.71. The molecule has 1 aliphatic heterocycles. The first-order chi connectivity index (χ1) is 12.7. The molecule has 134 valence electrons. The highest BCUT2D eigenvalue weighted by atomic mass is 16.5. The minimum atomic E-state index is -0.00423. The number of pyridine rings is 1. The van der Waals surface area contributed by atoms with Crippen molar-refractivity contribution in [1.29, 1.82) is 0 Å². The maximum Gasteiger partial charge on any atom is 0.259 e. The van der Waals surface area contributed by atoms with E-state index >= 15 is 0 Å². The number of aryl methyl sites for hydroxylation is 1. The molecule has 1 saturated heterocycles. The molecule has 4 rings (SSSR count). The molecule has 0 saturated carbocycles. The van der Waals surface area contributed by atoms with Crippen LogP contribution in [0.25, 0.3) is 22.4 Å². The molecule has 0 spiro atoms. The maximum absolute atomic E-state index is 13.2. The Morgan fingerprint density at radius 2 is 1.96 bits per heavy atom. The van der Waals surface area contributed by atoms with Crippen LogP contribution < -0.4 is 0 Å². The van der Waals surface area contributed by atoms with Gasteiger partial charge in [0.15, 0.2) is 0 Å². The normalized spacial score (nSPS) is 15.5. The van der Waals surface area contributed by atoms with Gasteiger partial charge in [-0.15, -0.1) is 0 Å². The van der Waals surface area contributed by atoms with Crippen LogP contribution in [0.4, 0.5) is 0 Å². The Morgan fingerprint density at radius 3 is 2.65 bits per heavy atom. The number of hydrogen-bond acceptors (Lipinski definition) is 5. The van der Waals surface area contributed by atoms with Crippen LogP contribution in [0.1, 0.15) is 28.9 Å².